The van der Waals surface area contributed by atoms with E-state index < -0.39 is 0 Å². The monoisotopic (exact) mass is 227 g/mol. The van der Waals surface area contributed by atoms with Gasteiger partial charge in [-0.05, 0) is 20.3 Å². The van der Waals surface area contributed by atoms with Crippen molar-refractivity contribution in [1.82, 2.24) is 9.80 Å². The van der Waals surface area contributed by atoms with E-state index in [-0.39, 0.29) is 17.5 Å². The van der Waals surface area contributed by atoms with Crippen LogP contribution in [0.25, 0.3) is 0 Å². The van der Waals surface area contributed by atoms with E-state index in [1.54, 1.807) is 4.90 Å². The number of likely N-dealkylation sites (tertiary alicyclic amines) is 1. The summed E-state index contributed by atoms with van der Waals surface area (Å²) in [6.07, 6.45) is 2.17. The van der Waals surface area contributed by atoms with Gasteiger partial charge >= 0.3 is 0 Å². The van der Waals surface area contributed by atoms with E-state index in [4.69, 9.17) is 5.73 Å². The molecule has 1 rings (SSSR count). The third kappa shape index (κ3) is 3.19. The molecule has 4 heteroatoms. The molecule has 0 bridgehead atoms. The van der Waals surface area contributed by atoms with Crippen LogP contribution in [0.2, 0.25) is 0 Å². The number of rotatable bonds is 5. The molecule has 1 fully saturated rings. The summed E-state index contributed by atoms with van der Waals surface area (Å²) in [6.45, 7) is 8.43. The van der Waals surface area contributed by atoms with E-state index in [0.29, 0.717) is 6.54 Å². The maximum absolute atomic E-state index is 11.8. The quantitative estimate of drug-likeness (QED) is 0.751. The van der Waals surface area contributed by atoms with Crippen LogP contribution in [0, 0.1) is 0 Å². The first-order valence-corrected chi connectivity index (χ1v) is 6.15. The molecule has 0 saturated carbocycles. The van der Waals surface area contributed by atoms with Crippen molar-refractivity contribution in [2.45, 2.75) is 45.2 Å². The van der Waals surface area contributed by atoms with Gasteiger partial charge < -0.3 is 10.6 Å². The molecular weight excluding hydrogens is 202 g/mol. The first-order chi connectivity index (χ1) is 7.38. The Labute approximate surface area is 98.8 Å². The van der Waals surface area contributed by atoms with E-state index in [0.717, 1.165) is 25.9 Å². The van der Waals surface area contributed by atoms with Crippen molar-refractivity contribution in [3.05, 3.63) is 0 Å². The standard InChI is InChI=1S/C12H25N3O/c1-5-6-12(13)8-15(9-12)7-11(16)14(4)10(2)3/h10H,5-9,13H2,1-4H3. The van der Waals surface area contributed by atoms with Gasteiger partial charge in [-0.1, -0.05) is 13.3 Å². The molecule has 0 unspecified atom stereocenters. The Morgan fingerprint density at radius 1 is 1.50 bits per heavy atom. The molecule has 0 aromatic carbocycles. The van der Waals surface area contributed by atoms with E-state index in [1.165, 1.54) is 0 Å². The molecule has 94 valence electrons. The van der Waals surface area contributed by atoms with Crippen LogP contribution in [-0.4, -0.2) is 54.0 Å². The van der Waals surface area contributed by atoms with Crippen LogP contribution in [0.3, 0.4) is 0 Å². The minimum Gasteiger partial charge on any atom is -0.342 e. The van der Waals surface area contributed by atoms with E-state index in [1.807, 2.05) is 20.9 Å². The maximum atomic E-state index is 11.8. The minimum atomic E-state index is -0.0363. The molecule has 0 aromatic heterocycles. The Hall–Kier alpha value is -0.610. The predicted octanol–water partition coefficient (Wildman–Crippen LogP) is 0.666. The summed E-state index contributed by atoms with van der Waals surface area (Å²) in [5, 5.41) is 0. The zero-order chi connectivity index (χ0) is 12.3. The largest absolute Gasteiger partial charge is 0.342 e. The minimum absolute atomic E-state index is 0.0363. The SMILES string of the molecule is CCCC1(N)CN(CC(=O)N(C)C(C)C)C1. The molecule has 0 aromatic rings. The molecule has 0 radical (unpaired) electrons. The van der Waals surface area contributed by atoms with E-state index in [9.17, 15) is 4.79 Å². The summed E-state index contributed by atoms with van der Waals surface area (Å²) < 4.78 is 0. The summed E-state index contributed by atoms with van der Waals surface area (Å²) in [5.41, 5.74) is 6.11. The van der Waals surface area contributed by atoms with Crippen LogP contribution in [0.5, 0.6) is 0 Å². The first kappa shape index (κ1) is 13.5. The molecule has 1 amide bonds. The molecule has 1 heterocycles. The highest BCUT2D eigenvalue weighted by molar-refractivity contribution is 5.78. The second-order valence-electron chi connectivity index (χ2n) is 5.36. The number of hydrogen-bond donors (Lipinski definition) is 1. The summed E-state index contributed by atoms with van der Waals surface area (Å²) >= 11 is 0. The van der Waals surface area contributed by atoms with Crippen molar-refractivity contribution in [2.75, 3.05) is 26.7 Å². The number of carbonyl (C=O) groups excluding carboxylic acids is 1. The third-order valence-electron chi connectivity index (χ3n) is 3.35. The molecule has 0 atom stereocenters. The van der Waals surface area contributed by atoms with E-state index in [2.05, 4.69) is 11.8 Å². The molecule has 4 nitrogen and oxygen atoms in total. The zero-order valence-electron chi connectivity index (χ0n) is 11.0. The fourth-order valence-corrected chi connectivity index (χ4v) is 2.20. The van der Waals surface area contributed by atoms with Gasteiger partial charge in [0, 0.05) is 31.7 Å². The zero-order valence-corrected chi connectivity index (χ0v) is 11.0. The van der Waals surface area contributed by atoms with Gasteiger partial charge in [0.2, 0.25) is 5.91 Å². The van der Waals surface area contributed by atoms with Gasteiger partial charge in [0.15, 0.2) is 0 Å². The number of carbonyl (C=O) groups is 1. The van der Waals surface area contributed by atoms with Gasteiger partial charge in [-0.15, -0.1) is 0 Å². The van der Waals surface area contributed by atoms with Gasteiger partial charge in [0.05, 0.1) is 6.54 Å². The molecule has 0 aliphatic carbocycles. The first-order valence-electron chi connectivity index (χ1n) is 6.15. The predicted molar refractivity (Wildman–Crippen MR) is 66.2 cm³/mol. The van der Waals surface area contributed by atoms with Gasteiger partial charge in [-0.2, -0.15) is 0 Å². The normalized spacial score (nSPS) is 19.6. The Morgan fingerprint density at radius 2 is 2.06 bits per heavy atom. The molecule has 2 N–H and O–H groups in total. The highest BCUT2D eigenvalue weighted by Gasteiger charge is 2.39. The molecule has 0 spiro atoms. The van der Waals surface area contributed by atoms with Crippen LogP contribution >= 0.6 is 0 Å². The Kier molecular flexibility index (Phi) is 4.33. The Balaban J connectivity index is 2.29. The average Bonchev–Trinajstić information content (AvgIpc) is 2.14. The lowest BCUT2D eigenvalue weighted by Gasteiger charge is -2.48. The number of amides is 1. The lowest BCUT2D eigenvalue weighted by atomic mass is 9.86. The van der Waals surface area contributed by atoms with E-state index >= 15 is 0 Å². The van der Waals surface area contributed by atoms with Gasteiger partial charge in [-0.25, -0.2) is 0 Å². The number of likely N-dealkylation sites (N-methyl/N-ethyl adjacent to an activating group) is 1. The highest BCUT2D eigenvalue weighted by Crippen LogP contribution is 2.22. The van der Waals surface area contributed by atoms with Gasteiger partial charge in [0.25, 0.3) is 0 Å². The number of nitrogens with zero attached hydrogens (tertiary/aromatic N) is 2. The van der Waals surface area contributed by atoms with Crippen molar-refractivity contribution in [2.24, 2.45) is 5.73 Å². The van der Waals surface area contributed by atoms with Crippen LogP contribution < -0.4 is 5.73 Å². The summed E-state index contributed by atoms with van der Waals surface area (Å²) in [6, 6.07) is 0.270. The fourth-order valence-electron chi connectivity index (χ4n) is 2.20. The molecular formula is C12H25N3O. The average molecular weight is 227 g/mol. The lowest BCUT2D eigenvalue weighted by molar-refractivity contribution is -0.134. The molecule has 1 aliphatic heterocycles. The van der Waals surface area contributed by atoms with Gasteiger partial charge in [-0.3, -0.25) is 9.69 Å². The number of hydrogen-bond acceptors (Lipinski definition) is 3. The summed E-state index contributed by atoms with van der Waals surface area (Å²) in [5.74, 6) is 0.188. The lowest BCUT2D eigenvalue weighted by Crippen LogP contribution is -2.68. The van der Waals surface area contributed by atoms with Gasteiger partial charge in [0.1, 0.15) is 0 Å². The highest BCUT2D eigenvalue weighted by atomic mass is 16.2. The molecule has 1 aliphatic rings. The van der Waals surface area contributed by atoms with Crippen molar-refractivity contribution in [3.8, 4) is 0 Å². The smallest absolute Gasteiger partial charge is 0.236 e. The third-order valence-corrected chi connectivity index (χ3v) is 3.35. The summed E-state index contributed by atoms with van der Waals surface area (Å²) in [7, 11) is 1.86. The summed E-state index contributed by atoms with van der Waals surface area (Å²) in [4.78, 5) is 15.7. The van der Waals surface area contributed by atoms with Crippen LogP contribution in [0.1, 0.15) is 33.6 Å². The maximum Gasteiger partial charge on any atom is 0.236 e. The molecule has 1 saturated heterocycles. The second-order valence-corrected chi connectivity index (χ2v) is 5.36. The van der Waals surface area contributed by atoms with Crippen LogP contribution in [0.4, 0.5) is 0 Å². The topological polar surface area (TPSA) is 49.6 Å². The van der Waals surface area contributed by atoms with Crippen molar-refractivity contribution in [3.63, 3.8) is 0 Å². The number of nitrogens with two attached hydrogens (primary N) is 1. The van der Waals surface area contributed by atoms with Crippen LogP contribution in [-0.2, 0) is 4.79 Å². The van der Waals surface area contributed by atoms with Crippen molar-refractivity contribution in [1.29, 1.82) is 0 Å². The second kappa shape index (κ2) is 5.15. The molecule has 16 heavy (non-hydrogen) atoms. The van der Waals surface area contributed by atoms with Crippen molar-refractivity contribution >= 4 is 5.91 Å². The van der Waals surface area contributed by atoms with Crippen LogP contribution in [0.15, 0.2) is 0 Å². The fraction of sp³-hybridized carbons (Fsp3) is 0.917. The van der Waals surface area contributed by atoms with Crippen molar-refractivity contribution < 1.29 is 4.79 Å². The Morgan fingerprint density at radius 3 is 2.50 bits per heavy atom. The Bertz CT molecular complexity index is 247.